The Labute approximate surface area is 337 Å². The molecule has 0 radical (unpaired) electrons. The molecule has 10 aromatic carbocycles. The molecule has 11 aromatic rings. The largest absolute Gasteiger partial charge is 0.453 e. The van der Waals surface area contributed by atoms with E-state index in [0.717, 1.165) is 55.7 Å². The molecule has 11 rings (SSSR count). The van der Waals surface area contributed by atoms with Crippen LogP contribution >= 0.6 is 0 Å². The molecule has 0 bridgehead atoms. The summed E-state index contributed by atoms with van der Waals surface area (Å²) in [7, 11) is 0. The van der Waals surface area contributed by atoms with Gasteiger partial charge in [-0.05, 0) is 109 Å². The third-order valence-corrected chi connectivity index (χ3v) is 11.4. The second-order valence-corrected chi connectivity index (χ2v) is 14.9. The predicted octanol–water partition coefficient (Wildman–Crippen LogP) is 16.0. The topological polar surface area (TPSA) is 16.4 Å². The molecule has 0 fully saturated rings. The van der Waals surface area contributed by atoms with E-state index < -0.39 is 0 Å². The fourth-order valence-corrected chi connectivity index (χ4v) is 8.55. The highest BCUT2D eigenvalue weighted by molar-refractivity contribution is 6.15. The molecular weight excluding hydrogens is 703 g/mol. The lowest BCUT2D eigenvalue weighted by Crippen LogP contribution is -2.10. The van der Waals surface area contributed by atoms with E-state index in [4.69, 9.17) is 4.42 Å². The van der Waals surface area contributed by atoms with Gasteiger partial charge in [0.2, 0.25) is 0 Å². The molecule has 272 valence electrons. The summed E-state index contributed by atoms with van der Waals surface area (Å²) in [5, 5.41) is 7.22. The van der Waals surface area contributed by atoms with E-state index in [1.807, 2.05) is 0 Å². The van der Waals surface area contributed by atoms with Gasteiger partial charge in [-0.15, -0.1) is 0 Å². The van der Waals surface area contributed by atoms with Crippen LogP contribution in [0.25, 0.3) is 88.0 Å². The van der Waals surface area contributed by atoms with Gasteiger partial charge >= 0.3 is 0 Å². The van der Waals surface area contributed by atoms with E-state index in [-0.39, 0.29) is 0 Å². The summed E-state index contributed by atoms with van der Waals surface area (Å²) in [4.78, 5) is 2.33. The quantitative estimate of drug-likeness (QED) is 0.151. The normalized spacial score (nSPS) is 11.4. The number of hydrogen-bond acceptors (Lipinski definition) is 2. The highest BCUT2D eigenvalue weighted by atomic mass is 16.3. The van der Waals surface area contributed by atoms with Gasteiger partial charge in [0.25, 0.3) is 0 Å². The van der Waals surface area contributed by atoms with Crippen LogP contribution in [0.15, 0.2) is 229 Å². The molecular formula is C56H37NO. The second kappa shape index (κ2) is 14.1. The molecule has 0 spiro atoms. The van der Waals surface area contributed by atoms with Crippen LogP contribution in [-0.4, -0.2) is 0 Å². The minimum Gasteiger partial charge on any atom is -0.453 e. The maximum Gasteiger partial charge on any atom is 0.159 e. The molecule has 0 N–H and O–H groups in total. The lowest BCUT2D eigenvalue weighted by molar-refractivity contribution is 0.670. The number of nitrogens with zero attached hydrogens (tertiary/aromatic N) is 1. The third-order valence-electron chi connectivity index (χ3n) is 11.4. The minimum absolute atomic E-state index is 0.845. The molecule has 1 aromatic heterocycles. The highest BCUT2D eigenvalue weighted by Gasteiger charge is 2.22. The Morgan fingerprint density at radius 3 is 1.48 bits per heavy atom. The van der Waals surface area contributed by atoms with Gasteiger partial charge in [-0.2, -0.15) is 0 Å². The summed E-state index contributed by atoms with van der Waals surface area (Å²) >= 11 is 0. The van der Waals surface area contributed by atoms with Crippen LogP contribution in [0.1, 0.15) is 0 Å². The van der Waals surface area contributed by atoms with Crippen LogP contribution in [-0.2, 0) is 0 Å². The van der Waals surface area contributed by atoms with Gasteiger partial charge in [-0.3, -0.25) is 0 Å². The van der Waals surface area contributed by atoms with Crippen LogP contribution in [0.2, 0.25) is 0 Å². The summed E-state index contributed by atoms with van der Waals surface area (Å²) in [6.45, 7) is 0. The zero-order valence-electron chi connectivity index (χ0n) is 31.7. The molecule has 2 heteroatoms. The summed E-state index contributed by atoms with van der Waals surface area (Å²) in [6.07, 6.45) is 0. The molecule has 0 aliphatic rings. The third kappa shape index (κ3) is 5.91. The molecule has 0 aliphatic carbocycles. The Morgan fingerprint density at radius 1 is 0.276 bits per heavy atom. The number of anilines is 3. The Kier molecular flexibility index (Phi) is 8.19. The monoisotopic (exact) mass is 739 g/mol. The first-order valence-electron chi connectivity index (χ1n) is 19.8. The number of para-hydroxylation sites is 1. The highest BCUT2D eigenvalue weighted by Crippen LogP contribution is 2.46. The Balaban J connectivity index is 1.07. The van der Waals surface area contributed by atoms with Crippen molar-refractivity contribution >= 4 is 60.5 Å². The SMILES string of the molecule is c1ccc(-c2ccc(N(c3ccc(-c4ccc5c(ccc6ccccc65)c4)cc3)c3cccc4c3oc3c(-c5ccccc5)cc(-c5ccccc5)cc34)cc2)cc1. The summed E-state index contributed by atoms with van der Waals surface area (Å²) in [5.41, 5.74) is 14.0. The van der Waals surface area contributed by atoms with E-state index >= 15 is 0 Å². The van der Waals surface area contributed by atoms with E-state index in [1.54, 1.807) is 0 Å². The van der Waals surface area contributed by atoms with Gasteiger partial charge in [0.1, 0.15) is 5.58 Å². The average Bonchev–Trinajstić information content (AvgIpc) is 3.69. The standard InChI is InChI=1S/C56H37NO/c1-4-13-38(14-5-1)40-25-30-47(31-26-40)57(48-32-27-41(28-33-48)44-29-34-50-45(35-44)24-23-43-19-10-11-20-49(43)50)54-22-12-21-51-53-37-46(39-15-6-2-7-16-39)36-52(55(53)58-56(51)54)42-17-8-3-9-18-42/h1-37H. The van der Waals surface area contributed by atoms with Gasteiger partial charge in [0, 0.05) is 27.7 Å². The molecule has 0 atom stereocenters. The smallest absolute Gasteiger partial charge is 0.159 e. The van der Waals surface area contributed by atoms with Crippen LogP contribution in [0.4, 0.5) is 17.1 Å². The number of benzene rings is 10. The van der Waals surface area contributed by atoms with Gasteiger partial charge < -0.3 is 9.32 Å². The summed E-state index contributed by atoms with van der Waals surface area (Å²) in [5.74, 6) is 0. The van der Waals surface area contributed by atoms with Crippen LogP contribution in [0.5, 0.6) is 0 Å². The molecule has 0 saturated carbocycles. The van der Waals surface area contributed by atoms with Gasteiger partial charge in [0.05, 0.1) is 5.69 Å². The van der Waals surface area contributed by atoms with E-state index in [1.165, 1.54) is 49.4 Å². The van der Waals surface area contributed by atoms with Crippen molar-refractivity contribution in [1.82, 2.24) is 0 Å². The van der Waals surface area contributed by atoms with Crippen LogP contribution in [0.3, 0.4) is 0 Å². The van der Waals surface area contributed by atoms with Crippen molar-refractivity contribution in [2.24, 2.45) is 0 Å². The first-order chi connectivity index (χ1) is 28.7. The van der Waals surface area contributed by atoms with Gasteiger partial charge in [-0.25, -0.2) is 0 Å². The van der Waals surface area contributed by atoms with Crippen molar-refractivity contribution in [1.29, 1.82) is 0 Å². The number of fused-ring (bicyclic) bond motifs is 6. The van der Waals surface area contributed by atoms with Crippen molar-refractivity contribution in [3.63, 3.8) is 0 Å². The summed E-state index contributed by atoms with van der Waals surface area (Å²) in [6, 6.07) is 80.5. The fraction of sp³-hybridized carbons (Fsp3) is 0. The zero-order chi connectivity index (χ0) is 38.4. The second-order valence-electron chi connectivity index (χ2n) is 14.9. The van der Waals surface area contributed by atoms with Crippen molar-refractivity contribution in [2.45, 2.75) is 0 Å². The maximum absolute atomic E-state index is 7.10. The lowest BCUT2D eigenvalue weighted by Gasteiger charge is -2.26. The molecule has 0 saturated heterocycles. The first-order valence-corrected chi connectivity index (χ1v) is 19.8. The molecule has 1 heterocycles. The Morgan fingerprint density at radius 2 is 0.793 bits per heavy atom. The fourth-order valence-electron chi connectivity index (χ4n) is 8.55. The van der Waals surface area contributed by atoms with Crippen molar-refractivity contribution < 1.29 is 4.42 Å². The van der Waals surface area contributed by atoms with E-state index in [0.29, 0.717) is 0 Å². The molecule has 58 heavy (non-hydrogen) atoms. The zero-order valence-corrected chi connectivity index (χ0v) is 31.7. The minimum atomic E-state index is 0.845. The molecule has 0 aliphatic heterocycles. The van der Waals surface area contributed by atoms with Gasteiger partial charge in [-0.1, -0.05) is 176 Å². The van der Waals surface area contributed by atoms with Crippen LogP contribution in [0, 0.1) is 0 Å². The summed E-state index contributed by atoms with van der Waals surface area (Å²) < 4.78 is 7.10. The Hall–Kier alpha value is -7.68. The molecule has 0 unspecified atom stereocenters. The first kappa shape index (κ1) is 33.6. The lowest BCUT2D eigenvalue weighted by atomic mass is 9.95. The van der Waals surface area contributed by atoms with E-state index in [2.05, 4.69) is 229 Å². The van der Waals surface area contributed by atoms with Crippen molar-refractivity contribution in [3.8, 4) is 44.5 Å². The molecule has 0 amide bonds. The van der Waals surface area contributed by atoms with Crippen LogP contribution < -0.4 is 4.90 Å². The Bertz CT molecular complexity index is 3240. The predicted molar refractivity (Wildman–Crippen MR) is 245 cm³/mol. The average molecular weight is 740 g/mol. The molecule has 2 nitrogen and oxygen atoms in total. The maximum atomic E-state index is 7.10. The van der Waals surface area contributed by atoms with Gasteiger partial charge in [0.15, 0.2) is 5.58 Å². The number of hydrogen-bond donors (Lipinski definition) is 0. The van der Waals surface area contributed by atoms with Crippen molar-refractivity contribution in [3.05, 3.63) is 224 Å². The number of rotatable bonds is 7. The van der Waals surface area contributed by atoms with E-state index in [9.17, 15) is 0 Å². The number of furan rings is 1. The van der Waals surface area contributed by atoms with Crippen molar-refractivity contribution in [2.75, 3.05) is 4.90 Å².